The van der Waals surface area contributed by atoms with Crippen LogP contribution in [0.5, 0.6) is 0 Å². The van der Waals surface area contributed by atoms with Gasteiger partial charge in [-0.1, -0.05) is 89.1 Å². The van der Waals surface area contributed by atoms with Crippen molar-refractivity contribution in [1.82, 2.24) is 0 Å². The molecule has 1 amide bonds. The zero-order valence-electron chi connectivity index (χ0n) is 17.1. The first-order valence-electron chi connectivity index (χ1n) is 9.80. The maximum atomic E-state index is 13.3. The molecule has 0 saturated heterocycles. The van der Waals surface area contributed by atoms with Gasteiger partial charge in [-0.05, 0) is 42.8 Å². The average Bonchev–Trinajstić information content (AvgIpc) is 3.10. The number of amidine groups is 1. The number of thioether (sulfide) groups is 1. The Bertz CT molecular complexity index is 1240. The van der Waals surface area contributed by atoms with Gasteiger partial charge in [0.1, 0.15) is 5.70 Å². The Morgan fingerprint density at radius 2 is 1.72 bits per heavy atom. The number of aryl methyl sites for hydroxylation is 1. The maximum Gasteiger partial charge on any atom is 0.283 e. The van der Waals surface area contributed by atoms with Crippen molar-refractivity contribution in [3.05, 3.63) is 105 Å². The predicted octanol–water partition coefficient (Wildman–Crippen LogP) is 6.66. The minimum Gasteiger partial charge on any atom is -0.293 e. The van der Waals surface area contributed by atoms with E-state index >= 15 is 0 Å². The number of aliphatic imine (C=N–C) groups is 1. The molecule has 1 heterocycles. The first-order chi connectivity index (χ1) is 15.4. The molecule has 3 aromatic rings. The van der Waals surface area contributed by atoms with E-state index in [-0.39, 0.29) is 23.1 Å². The molecule has 1 aliphatic rings. The Hall–Kier alpha value is -2.86. The number of nitrogens with zero attached hydrogens (tertiary/aromatic N) is 2. The minimum atomic E-state index is -0.269. The van der Waals surface area contributed by atoms with E-state index in [9.17, 15) is 9.59 Å². The number of hydrogen-bond acceptors (Lipinski definition) is 4. The molecule has 4 rings (SSSR count). The van der Waals surface area contributed by atoms with Crippen molar-refractivity contribution in [2.45, 2.75) is 6.92 Å². The van der Waals surface area contributed by atoms with Crippen LogP contribution in [0.2, 0.25) is 10.0 Å². The van der Waals surface area contributed by atoms with E-state index in [1.807, 2.05) is 49.4 Å². The third-order valence-corrected chi connectivity index (χ3v) is 6.47. The summed E-state index contributed by atoms with van der Waals surface area (Å²) in [5.41, 5.74) is 3.37. The van der Waals surface area contributed by atoms with Crippen LogP contribution in [0.4, 0.5) is 5.69 Å². The fraction of sp³-hybridized carbons (Fsp3) is 0.0800. The molecule has 0 aliphatic carbocycles. The SMILES string of the molecule is Cc1ccc(N2C(=O)/C(=C\c3ccc(Cl)c(Cl)c3)N=C2SCC(=O)c2ccccc2)cc1. The lowest BCUT2D eigenvalue weighted by Crippen LogP contribution is -2.30. The first kappa shape index (κ1) is 22.3. The third-order valence-electron chi connectivity index (χ3n) is 4.80. The van der Waals surface area contributed by atoms with E-state index in [1.54, 1.807) is 36.4 Å². The van der Waals surface area contributed by atoms with Gasteiger partial charge in [-0.2, -0.15) is 0 Å². The lowest BCUT2D eigenvalue weighted by molar-refractivity contribution is -0.113. The standard InChI is InChI=1S/C25H18Cl2N2O2S/c1-16-7-10-19(11-8-16)29-24(31)22(14-17-9-12-20(26)21(27)13-17)28-25(29)32-15-23(30)18-5-3-2-4-6-18/h2-14H,15H2,1H3/b22-14+. The van der Waals surface area contributed by atoms with Gasteiger partial charge in [0.15, 0.2) is 11.0 Å². The molecular formula is C25H18Cl2N2O2S. The molecule has 1 aliphatic heterocycles. The summed E-state index contributed by atoms with van der Waals surface area (Å²) < 4.78 is 0. The predicted molar refractivity (Wildman–Crippen MR) is 134 cm³/mol. The number of carbonyl (C=O) groups is 2. The van der Waals surface area contributed by atoms with Crippen LogP contribution in [0.25, 0.3) is 6.08 Å². The second kappa shape index (κ2) is 9.74. The van der Waals surface area contributed by atoms with Gasteiger partial charge in [-0.3, -0.25) is 14.5 Å². The maximum absolute atomic E-state index is 13.3. The monoisotopic (exact) mass is 480 g/mol. The van der Waals surface area contributed by atoms with E-state index in [0.29, 0.717) is 32.0 Å². The number of carbonyl (C=O) groups excluding carboxylic acids is 2. The molecule has 0 aromatic heterocycles. The highest BCUT2D eigenvalue weighted by molar-refractivity contribution is 8.14. The lowest BCUT2D eigenvalue weighted by Gasteiger charge is -2.17. The van der Waals surface area contributed by atoms with Crippen LogP contribution in [-0.4, -0.2) is 22.6 Å². The van der Waals surface area contributed by atoms with Crippen LogP contribution in [0.3, 0.4) is 0 Å². The van der Waals surface area contributed by atoms with Gasteiger partial charge in [-0.25, -0.2) is 4.99 Å². The molecule has 7 heteroatoms. The normalized spacial score (nSPS) is 14.7. The Kier molecular flexibility index (Phi) is 6.80. The van der Waals surface area contributed by atoms with Crippen LogP contribution < -0.4 is 4.90 Å². The van der Waals surface area contributed by atoms with E-state index in [1.165, 1.54) is 16.7 Å². The molecular weight excluding hydrogens is 463 g/mol. The first-order valence-corrected chi connectivity index (χ1v) is 11.5. The van der Waals surface area contributed by atoms with Gasteiger partial charge >= 0.3 is 0 Å². The third kappa shape index (κ3) is 4.96. The summed E-state index contributed by atoms with van der Waals surface area (Å²) in [6.45, 7) is 1.98. The van der Waals surface area contributed by atoms with E-state index in [2.05, 4.69) is 4.99 Å². The van der Waals surface area contributed by atoms with Crippen LogP contribution >= 0.6 is 35.0 Å². The number of anilines is 1. The summed E-state index contributed by atoms with van der Waals surface area (Å²) in [6.07, 6.45) is 1.66. The van der Waals surface area contributed by atoms with E-state index in [4.69, 9.17) is 23.2 Å². The Morgan fingerprint density at radius 1 is 1.00 bits per heavy atom. The number of amides is 1. The molecule has 0 fully saturated rings. The van der Waals surface area contributed by atoms with Crippen molar-refractivity contribution in [3.63, 3.8) is 0 Å². The Labute approximate surface area is 200 Å². The highest BCUT2D eigenvalue weighted by atomic mass is 35.5. The highest BCUT2D eigenvalue weighted by Gasteiger charge is 2.32. The number of Topliss-reactive ketones (excluding diaryl/α,β-unsaturated/α-hetero) is 1. The zero-order valence-corrected chi connectivity index (χ0v) is 19.4. The number of ketones is 1. The summed E-state index contributed by atoms with van der Waals surface area (Å²) in [5.74, 6) is -0.135. The fourth-order valence-corrected chi connectivity index (χ4v) is 4.33. The lowest BCUT2D eigenvalue weighted by atomic mass is 10.2. The molecule has 4 nitrogen and oxygen atoms in total. The molecule has 0 atom stereocenters. The molecule has 0 bridgehead atoms. The zero-order chi connectivity index (χ0) is 22.7. The molecule has 32 heavy (non-hydrogen) atoms. The quantitative estimate of drug-likeness (QED) is 0.302. The van der Waals surface area contributed by atoms with Crippen LogP contribution in [0.15, 0.2) is 83.5 Å². The van der Waals surface area contributed by atoms with Crippen molar-refractivity contribution >= 4 is 63.6 Å². The van der Waals surface area contributed by atoms with Gasteiger partial charge in [-0.15, -0.1) is 0 Å². The fourth-order valence-electron chi connectivity index (χ4n) is 3.11. The van der Waals surface area contributed by atoms with Gasteiger partial charge in [0.2, 0.25) is 0 Å². The molecule has 0 unspecified atom stereocenters. The van der Waals surface area contributed by atoms with Crippen molar-refractivity contribution in [1.29, 1.82) is 0 Å². The van der Waals surface area contributed by atoms with E-state index in [0.717, 1.165) is 5.56 Å². The van der Waals surface area contributed by atoms with Crippen molar-refractivity contribution in [2.24, 2.45) is 4.99 Å². The van der Waals surface area contributed by atoms with Gasteiger partial charge in [0.05, 0.1) is 21.5 Å². The summed E-state index contributed by atoms with van der Waals surface area (Å²) in [7, 11) is 0. The Morgan fingerprint density at radius 3 is 2.41 bits per heavy atom. The van der Waals surface area contributed by atoms with Crippen molar-refractivity contribution in [3.8, 4) is 0 Å². The smallest absolute Gasteiger partial charge is 0.283 e. The van der Waals surface area contributed by atoms with Gasteiger partial charge < -0.3 is 0 Å². The molecule has 3 aromatic carbocycles. The number of benzene rings is 3. The van der Waals surface area contributed by atoms with Crippen molar-refractivity contribution in [2.75, 3.05) is 10.7 Å². The molecule has 0 spiro atoms. The molecule has 0 N–H and O–H groups in total. The van der Waals surface area contributed by atoms with E-state index < -0.39 is 0 Å². The minimum absolute atomic E-state index is 0.0310. The molecule has 0 radical (unpaired) electrons. The van der Waals surface area contributed by atoms with Gasteiger partial charge in [0, 0.05) is 5.56 Å². The molecule has 160 valence electrons. The summed E-state index contributed by atoms with van der Waals surface area (Å²) >= 11 is 13.3. The number of hydrogen-bond donors (Lipinski definition) is 0. The number of rotatable bonds is 5. The van der Waals surface area contributed by atoms with Crippen molar-refractivity contribution < 1.29 is 9.59 Å². The van der Waals surface area contributed by atoms with Crippen LogP contribution in [-0.2, 0) is 4.79 Å². The second-order valence-electron chi connectivity index (χ2n) is 7.15. The van der Waals surface area contributed by atoms with Crippen LogP contribution in [0, 0.1) is 6.92 Å². The van der Waals surface area contributed by atoms with Crippen LogP contribution in [0.1, 0.15) is 21.5 Å². The summed E-state index contributed by atoms with van der Waals surface area (Å²) in [4.78, 5) is 31.9. The molecule has 0 saturated carbocycles. The summed E-state index contributed by atoms with van der Waals surface area (Å²) in [6, 6.07) is 21.8. The second-order valence-corrected chi connectivity index (χ2v) is 8.91. The highest BCUT2D eigenvalue weighted by Crippen LogP contribution is 2.31. The topological polar surface area (TPSA) is 49.7 Å². The largest absolute Gasteiger partial charge is 0.293 e. The van der Waals surface area contributed by atoms with Gasteiger partial charge in [0.25, 0.3) is 5.91 Å². The summed E-state index contributed by atoms with van der Waals surface area (Å²) in [5, 5.41) is 1.29. The number of halogens is 2. The Balaban J connectivity index is 1.65. The average molecular weight is 481 g/mol.